The maximum Gasteiger partial charge on any atom is 0.274 e. The number of rotatable bonds is 4. The van der Waals surface area contributed by atoms with Gasteiger partial charge >= 0.3 is 0 Å². The van der Waals surface area contributed by atoms with Crippen LogP contribution in [-0.4, -0.2) is 49.3 Å². The third kappa shape index (κ3) is 3.74. The van der Waals surface area contributed by atoms with Gasteiger partial charge in [-0.05, 0) is 44.2 Å². The van der Waals surface area contributed by atoms with E-state index in [2.05, 4.69) is 20.6 Å². The van der Waals surface area contributed by atoms with Gasteiger partial charge in [0.05, 0.1) is 11.7 Å². The molecule has 2 aromatic rings. The van der Waals surface area contributed by atoms with Crippen LogP contribution in [0.5, 0.6) is 0 Å². The SMILES string of the molecule is Cn1ccc(C(=O)N2CCCC[C@H]2c2cc(C(=O)NC3CCCC3)n[nH]2)n1. The Morgan fingerprint density at radius 1 is 1.15 bits per heavy atom. The molecule has 8 nitrogen and oxygen atoms in total. The number of aryl methyl sites for hydroxylation is 1. The van der Waals surface area contributed by atoms with E-state index in [1.807, 2.05) is 4.90 Å². The van der Waals surface area contributed by atoms with Gasteiger partial charge in [0.15, 0.2) is 0 Å². The molecule has 27 heavy (non-hydrogen) atoms. The summed E-state index contributed by atoms with van der Waals surface area (Å²) in [5.41, 5.74) is 1.66. The van der Waals surface area contributed by atoms with Crippen LogP contribution in [0.2, 0.25) is 0 Å². The number of hydrogen-bond acceptors (Lipinski definition) is 4. The fraction of sp³-hybridized carbons (Fsp3) is 0.579. The molecule has 144 valence electrons. The Morgan fingerprint density at radius 3 is 2.67 bits per heavy atom. The first-order valence-corrected chi connectivity index (χ1v) is 9.78. The summed E-state index contributed by atoms with van der Waals surface area (Å²) in [5, 5.41) is 14.5. The van der Waals surface area contributed by atoms with Crippen LogP contribution in [-0.2, 0) is 7.05 Å². The van der Waals surface area contributed by atoms with Crippen LogP contribution in [0.4, 0.5) is 0 Å². The zero-order valence-corrected chi connectivity index (χ0v) is 15.6. The molecule has 0 spiro atoms. The molecule has 8 heteroatoms. The lowest BCUT2D eigenvalue weighted by Crippen LogP contribution is -2.39. The minimum atomic E-state index is -0.136. The molecule has 1 saturated heterocycles. The summed E-state index contributed by atoms with van der Waals surface area (Å²) in [6, 6.07) is 3.68. The monoisotopic (exact) mass is 370 g/mol. The lowest BCUT2D eigenvalue weighted by molar-refractivity contribution is 0.0599. The van der Waals surface area contributed by atoms with Crippen molar-refractivity contribution < 1.29 is 9.59 Å². The molecule has 1 saturated carbocycles. The van der Waals surface area contributed by atoms with E-state index < -0.39 is 0 Å². The molecule has 2 fully saturated rings. The second kappa shape index (κ2) is 7.54. The first kappa shape index (κ1) is 17.8. The number of aromatic amines is 1. The van der Waals surface area contributed by atoms with E-state index in [0.29, 0.717) is 17.9 Å². The first-order valence-electron chi connectivity index (χ1n) is 9.78. The molecule has 2 aromatic heterocycles. The van der Waals surface area contributed by atoms with Gasteiger partial charge in [0.2, 0.25) is 0 Å². The average Bonchev–Trinajstić information content (AvgIpc) is 3.43. The number of likely N-dealkylation sites (tertiary alicyclic amines) is 1. The van der Waals surface area contributed by atoms with Crippen molar-refractivity contribution in [3.63, 3.8) is 0 Å². The molecule has 2 amide bonds. The molecule has 2 aliphatic rings. The van der Waals surface area contributed by atoms with Crippen molar-refractivity contribution >= 4 is 11.8 Å². The number of carbonyl (C=O) groups excluding carboxylic acids is 2. The van der Waals surface area contributed by atoms with E-state index >= 15 is 0 Å². The number of carbonyl (C=O) groups is 2. The first-order chi connectivity index (χ1) is 13.1. The minimum absolute atomic E-state index is 0.0770. The molecular weight excluding hydrogens is 344 g/mol. The number of hydrogen-bond donors (Lipinski definition) is 2. The molecule has 0 bridgehead atoms. The third-order valence-electron chi connectivity index (χ3n) is 5.58. The average molecular weight is 370 g/mol. The largest absolute Gasteiger partial charge is 0.348 e. The Bertz CT molecular complexity index is 820. The summed E-state index contributed by atoms with van der Waals surface area (Å²) in [4.78, 5) is 27.2. The lowest BCUT2D eigenvalue weighted by atomic mass is 9.98. The highest BCUT2D eigenvalue weighted by molar-refractivity contribution is 5.93. The van der Waals surface area contributed by atoms with Gasteiger partial charge in [0.25, 0.3) is 11.8 Å². The molecule has 1 aliphatic carbocycles. The topological polar surface area (TPSA) is 95.9 Å². The van der Waals surface area contributed by atoms with Gasteiger partial charge in [0.1, 0.15) is 11.4 Å². The van der Waals surface area contributed by atoms with Gasteiger partial charge in [-0.3, -0.25) is 19.4 Å². The number of aromatic nitrogens is 4. The van der Waals surface area contributed by atoms with Crippen molar-refractivity contribution in [2.45, 2.75) is 57.0 Å². The summed E-state index contributed by atoms with van der Waals surface area (Å²) in [7, 11) is 1.80. The summed E-state index contributed by atoms with van der Waals surface area (Å²) in [6.45, 7) is 0.683. The molecule has 4 rings (SSSR count). The molecular formula is C19H26N6O2. The van der Waals surface area contributed by atoms with E-state index in [1.54, 1.807) is 30.1 Å². The summed E-state index contributed by atoms with van der Waals surface area (Å²) >= 11 is 0. The Hall–Kier alpha value is -2.64. The fourth-order valence-electron chi connectivity index (χ4n) is 4.13. The summed E-state index contributed by atoms with van der Waals surface area (Å²) in [6.07, 6.45) is 9.05. The smallest absolute Gasteiger partial charge is 0.274 e. The van der Waals surface area contributed by atoms with Crippen LogP contribution >= 0.6 is 0 Å². The molecule has 0 radical (unpaired) electrons. The quantitative estimate of drug-likeness (QED) is 0.862. The normalized spacial score (nSPS) is 20.8. The maximum atomic E-state index is 12.9. The van der Waals surface area contributed by atoms with Crippen molar-refractivity contribution in [2.24, 2.45) is 7.05 Å². The van der Waals surface area contributed by atoms with E-state index in [-0.39, 0.29) is 23.9 Å². The predicted molar refractivity (Wildman–Crippen MR) is 99.1 cm³/mol. The maximum absolute atomic E-state index is 12.9. The molecule has 1 aliphatic heterocycles. The van der Waals surface area contributed by atoms with Crippen LogP contribution in [0.15, 0.2) is 18.3 Å². The molecule has 0 aromatic carbocycles. The Morgan fingerprint density at radius 2 is 1.93 bits per heavy atom. The van der Waals surface area contributed by atoms with Gasteiger partial charge in [-0.25, -0.2) is 0 Å². The fourth-order valence-corrected chi connectivity index (χ4v) is 4.13. The number of nitrogens with one attached hydrogen (secondary N) is 2. The highest BCUT2D eigenvalue weighted by atomic mass is 16.2. The Kier molecular flexibility index (Phi) is 4.96. The van der Waals surface area contributed by atoms with Crippen LogP contribution in [0.1, 0.15) is 77.7 Å². The highest BCUT2D eigenvalue weighted by Crippen LogP contribution is 2.31. The van der Waals surface area contributed by atoms with E-state index in [0.717, 1.165) is 37.8 Å². The number of piperidine rings is 1. The molecule has 3 heterocycles. The second-order valence-corrected chi connectivity index (χ2v) is 7.55. The van der Waals surface area contributed by atoms with Crippen molar-refractivity contribution in [1.82, 2.24) is 30.2 Å². The predicted octanol–water partition coefficient (Wildman–Crippen LogP) is 2.18. The minimum Gasteiger partial charge on any atom is -0.348 e. The van der Waals surface area contributed by atoms with E-state index in [9.17, 15) is 9.59 Å². The van der Waals surface area contributed by atoms with Gasteiger partial charge in [0, 0.05) is 25.8 Å². The third-order valence-corrected chi connectivity index (χ3v) is 5.58. The van der Waals surface area contributed by atoms with Crippen LogP contribution in [0.25, 0.3) is 0 Å². The van der Waals surface area contributed by atoms with Gasteiger partial charge in [-0.2, -0.15) is 10.2 Å². The zero-order chi connectivity index (χ0) is 18.8. The Balaban J connectivity index is 1.49. The number of amides is 2. The van der Waals surface area contributed by atoms with E-state index in [4.69, 9.17) is 0 Å². The summed E-state index contributed by atoms with van der Waals surface area (Å²) in [5.74, 6) is -0.213. The molecule has 0 unspecified atom stereocenters. The van der Waals surface area contributed by atoms with Crippen molar-refractivity contribution in [2.75, 3.05) is 6.54 Å². The lowest BCUT2D eigenvalue weighted by Gasteiger charge is -2.34. The van der Waals surface area contributed by atoms with Crippen LogP contribution in [0, 0.1) is 0 Å². The van der Waals surface area contributed by atoms with Crippen molar-refractivity contribution in [1.29, 1.82) is 0 Å². The van der Waals surface area contributed by atoms with Gasteiger partial charge in [-0.1, -0.05) is 12.8 Å². The number of H-pyrrole nitrogens is 1. The molecule has 2 N–H and O–H groups in total. The Labute approximate surface area is 158 Å². The standard InChI is InChI=1S/C19H26N6O2/c1-24-11-9-14(23-24)19(27)25-10-5-4-8-17(25)15-12-16(22-21-15)18(26)20-13-6-2-3-7-13/h9,11-13,17H,2-8,10H2,1H3,(H,20,26)(H,21,22)/t17-/m0/s1. The second-order valence-electron chi connectivity index (χ2n) is 7.55. The van der Waals surface area contributed by atoms with Gasteiger partial charge in [-0.15, -0.1) is 0 Å². The summed E-state index contributed by atoms with van der Waals surface area (Å²) < 4.78 is 1.63. The highest BCUT2D eigenvalue weighted by Gasteiger charge is 2.31. The van der Waals surface area contributed by atoms with Crippen LogP contribution < -0.4 is 5.32 Å². The van der Waals surface area contributed by atoms with Gasteiger partial charge < -0.3 is 10.2 Å². The zero-order valence-electron chi connectivity index (χ0n) is 15.6. The van der Waals surface area contributed by atoms with Crippen molar-refractivity contribution in [3.05, 3.63) is 35.4 Å². The molecule has 1 atom stereocenters. The van der Waals surface area contributed by atoms with Crippen LogP contribution in [0.3, 0.4) is 0 Å². The number of nitrogens with zero attached hydrogens (tertiary/aromatic N) is 4. The van der Waals surface area contributed by atoms with Crippen molar-refractivity contribution in [3.8, 4) is 0 Å². The van der Waals surface area contributed by atoms with E-state index in [1.165, 1.54) is 12.8 Å².